The number of hydrogen-bond acceptors (Lipinski definition) is 2. The van der Waals surface area contributed by atoms with Gasteiger partial charge in [-0.1, -0.05) is 12.1 Å². The van der Waals surface area contributed by atoms with Crippen molar-refractivity contribution >= 4 is 12.4 Å². The Balaban J connectivity index is 0.00000161. The largest absolute Gasteiger partial charge is 0.302 e. The molecule has 0 amide bonds. The van der Waals surface area contributed by atoms with Crippen LogP contribution in [0.2, 0.25) is 0 Å². The van der Waals surface area contributed by atoms with E-state index in [4.69, 9.17) is 0 Å². The average Bonchev–Trinajstić information content (AvgIpc) is 2.91. The summed E-state index contributed by atoms with van der Waals surface area (Å²) in [5.74, 6) is 0. The Kier molecular flexibility index (Phi) is 4.45. The predicted octanol–water partition coefficient (Wildman–Crippen LogP) is 3.67. The van der Waals surface area contributed by atoms with Crippen molar-refractivity contribution in [2.45, 2.75) is 32.7 Å². The number of aromatic nitrogens is 2. The molecule has 4 heteroatoms. The zero-order valence-electron chi connectivity index (χ0n) is 13.5. The highest BCUT2D eigenvalue weighted by Crippen LogP contribution is 2.38. The number of halogens is 1. The Labute approximate surface area is 133 Å². The summed E-state index contributed by atoms with van der Waals surface area (Å²) >= 11 is 0. The molecule has 0 saturated carbocycles. The van der Waals surface area contributed by atoms with E-state index in [2.05, 4.69) is 56.1 Å². The van der Waals surface area contributed by atoms with Gasteiger partial charge in [0, 0.05) is 24.3 Å². The number of hydrogen-bond donors (Lipinski definition) is 0. The van der Waals surface area contributed by atoms with Crippen molar-refractivity contribution in [1.29, 1.82) is 0 Å². The van der Waals surface area contributed by atoms with Gasteiger partial charge in [-0.15, -0.1) is 12.4 Å². The molecule has 0 spiro atoms. The van der Waals surface area contributed by atoms with E-state index in [1.54, 1.807) is 0 Å². The van der Waals surface area contributed by atoms with E-state index in [0.717, 1.165) is 5.69 Å². The SMILES string of the molecule is Cc1nn(C)c(C)c1-c1ccc2c(c1)[C@H](N(C)C)CC2.Cl. The molecule has 1 aromatic carbocycles. The normalized spacial score (nSPS) is 17.0. The second-order valence-corrected chi connectivity index (χ2v) is 6.10. The molecule has 1 heterocycles. The van der Waals surface area contributed by atoms with Crippen LogP contribution in [0.5, 0.6) is 0 Å². The maximum atomic E-state index is 4.54. The van der Waals surface area contributed by atoms with E-state index in [1.165, 1.54) is 40.8 Å². The van der Waals surface area contributed by atoms with Crippen molar-refractivity contribution < 1.29 is 0 Å². The fraction of sp³-hybridized carbons (Fsp3) is 0.471. The molecule has 0 unspecified atom stereocenters. The fourth-order valence-corrected chi connectivity index (χ4v) is 3.46. The Morgan fingerprint density at radius 1 is 1.24 bits per heavy atom. The van der Waals surface area contributed by atoms with E-state index in [9.17, 15) is 0 Å². The molecule has 0 saturated heterocycles. The monoisotopic (exact) mass is 305 g/mol. The van der Waals surface area contributed by atoms with Gasteiger partial charge < -0.3 is 4.90 Å². The number of rotatable bonds is 2. The maximum absolute atomic E-state index is 4.54. The third-order valence-corrected chi connectivity index (χ3v) is 4.61. The molecule has 3 nitrogen and oxygen atoms in total. The molecular formula is C17H24ClN3. The minimum absolute atomic E-state index is 0. The minimum Gasteiger partial charge on any atom is -0.302 e. The lowest BCUT2D eigenvalue weighted by atomic mass is 9.98. The first-order chi connectivity index (χ1) is 9.49. The van der Waals surface area contributed by atoms with Crippen LogP contribution in [0.4, 0.5) is 0 Å². The highest BCUT2D eigenvalue weighted by atomic mass is 35.5. The van der Waals surface area contributed by atoms with Gasteiger partial charge in [0.15, 0.2) is 0 Å². The fourth-order valence-electron chi connectivity index (χ4n) is 3.46. The highest BCUT2D eigenvalue weighted by molar-refractivity contribution is 5.85. The topological polar surface area (TPSA) is 21.1 Å². The first-order valence-corrected chi connectivity index (χ1v) is 7.29. The van der Waals surface area contributed by atoms with Gasteiger partial charge in [0.2, 0.25) is 0 Å². The quantitative estimate of drug-likeness (QED) is 0.844. The Bertz CT molecular complexity index is 658. The van der Waals surface area contributed by atoms with Crippen LogP contribution >= 0.6 is 12.4 Å². The molecule has 21 heavy (non-hydrogen) atoms. The summed E-state index contributed by atoms with van der Waals surface area (Å²) in [4.78, 5) is 2.33. The first kappa shape index (κ1) is 16.1. The molecule has 1 aliphatic rings. The van der Waals surface area contributed by atoms with Gasteiger partial charge in [-0.3, -0.25) is 4.68 Å². The lowest BCUT2D eigenvalue weighted by molar-refractivity contribution is 0.299. The van der Waals surface area contributed by atoms with Crippen molar-refractivity contribution in [3.05, 3.63) is 40.7 Å². The number of nitrogens with zero attached hydrogens (tertiary/aromatic N) is 3. The smallest absolute Gasteiger partial charge is 0.0674 e. The molecule has 2 aromatic rings. The van der Waals surface area contributed by atoms with Crippen LogP contribution in [0, 0.1) is 13.8 Å². The van der Waals surface area contributed by atoms with E-state index in [-0.39, 0.29) is 12.4 Å². The van der Waals surface area contributed by atoms with Gasteiger partial charge in [-0.2, -0.15) is 5.10 Å². The van der Waals surface area contributed by atoms with Gasteiger partial charge in [0.05, 0.1) is 5.69 Å². The van der Waals surface area contributed by atoms with Crippen molar-refractivity contribution in [2.24, 2.45) is 7.05 Å². The van der Waals surface area contributed by atoms with E-state index in [1.807, 2.05) is 11.7 Å². The molecule has 0 aliphatic heterocycles. The number of fused-ring (bicyclic) bond motifs is 1. The van der Waals surface area contributed by atoms with Crippen LogP contribution in [-0.2, 0) is 13.5 Å². The molecule has 0 fully saturated rings. The van der Waals surface area contributed by atoms with Crippen molar-refractivity contribution in [2.75, 3.05) is 14.1 Å². The lowest BCUT2D eigenvalue weighted by Gasteiger charge is -2.20. The Morgan fingerprint density at radius 3 is 2.52 bits per heavy atom. The summed E-state index contributed by atoms with van der Waals surface area (Å²) < 4.78 is 1.97. The predicted molar refractivity (Wildman–Crippen MR) is 90.1 cm³/mol. The zero-order chi connectivity index (χ0) is 14.4. The Morgan fingerprint density at radius 2 is 1.95 bits per heavy atom. The molecule has 0 bridgehead atoms. The van der Waals surface area contributed by atoms with Crippen LogP contribution in [0.3, 0.4) is 0 Å². The van der Waals surface area contributed by atoms with Crippen molar-refractivity contribution in [3.63, 3.8) is 0 Å². The number of benzene rings is 1. The first-order valence-electron chi connectivity index (χ1n) is 7.29. The zero-order valence-corrected chi connectivity index (χ0v) is 14.3. The average molecular weight is 306 g/mol. The van der Waals surface area contributed by atoms with E-state index < -0.39 is 0 Å². The van der Waals surface area contributed by atoms with E-state index in [0.29, 0.717) is 6.04 Å². The third-order valence-electron chi connectivity index (χ3n) is 4.61. The van der Waals surface area contributed by atoms with Gasteiger partial charge in [0.1, 0.15) is 0 Å². The second kappa shape index (κ2) is 5.82. The maximum Gasteiger partial charge on any atom is 0.0674 e. The molecule has 114 valence electrons. The minimum atomic E-state index is 0. The lowest BCUT2D eigenvalue weighted by Crippen LogP contribution is -2.17. The van der Waals surface area contributed by atoms with Gasteiger partial charge in [-0.05, 0) is 63.5 Å². The third kappa shape index (κ3) is 2.60. The van der Waals surface area contributed by atoms with Crippen LogP contribution in [0.25, 0.3) is 11.1 Å². The molecule has 1 aromatic heterocycles. The van der Waals surface area contributed by atoms with Crippen molar-refractivity contribution in [3.8, 4) is 11.1 Å². The second-order valence-electron chi connectivity index (χ2n) is 6.10. The van der Waals surface area contributed by atoms with Gasteiger partial charge >= 0.3 is 0 Å². The number of aryl methyl sites for hydroxylation is 3. The van der Waals surface area contributed by atoms with Gasteiger partial charge in [-0.25, -0.2) is 0 Å². The standard InChI is InChI=1S/C17H23N3.ClH/c1-11-17(12(2)20(5)18-11)14-7-6-13-8-9-16(19(3)4)15(13)10-14;/h6-7,10,16H,8-9H2,1-5H3;1H/t16-;/m1./s1. The van der Waals surface area contributed by atoms with Crippen LogP contribution < -0.4 is 0 Å². The summed E-state index contributed by atoms with van der Waals surface area (Å²) in [6.07, 6.45) is 2.43. The van der Waals surface area contributed by atoms with E-state index >= 15 is 0 Å². The molecule has 3 rings (SSSR count). The summed E-state index contributed by atoms with van der Waals surface area (Å²) in [6.45, 7) is 4.24. The molecule has 1 aliphatic carbocycles. The van der Waals surface area contributed by atoms with Crippen LogP contribution in [0.15, 0.2) is 18.2 Å². The molecule has 0 radical (unpaired) electrons. The van der Waals surface area contributed by atoms with Crippen LogP contribution in [0.1, 0.15) is 35.0 Å². The van der Waals surface area contributed by atoms with Crippen molar-refractivity contribution in [1.82, 2.24) is 14.7 Å². The summed E-state index contributed by atoms with van der Waals surface area (Å²) in [7, 11) is 6.36. The van der Waals surface area contributed by atoms with Crippen LogP contribution in [-0.4, -0.2) is 28.8 Å². The summed E-state index contributed by atoms with van der Waals surface area (Å²) in [5, 5.41) is 4.54. The highest BCUT2D eigenvalue weighted by Gasteiger charge is 2.25. The summed E-state index contributed by atoms with van der Waals surface area (Å²) in [5.41, 5.74) is 7.95. The summed E-state index contributed by atoms with van der Waals surface area (Å²) in [6, 6.07) is 7.50. The molecule has 0 N–H and O–H groups in total. The van der Waals surface area contributed by atoms with Gasteiger partial charge in [0.25, 0.3) is 0 Å². The molecule has 1 atom stereocenters. The molecular weight excluding hydrogens is 282 g/mol. The Hall–Kier alpha value is -1.32.